The molecule has 1 aromatic carbocycles. The largest absolute Gasteiger partial charge is 0.488 e. The van der Waals surface area contributed by atoms with Gasteiger partial charge in [0.1, 0.15) is 6.61 Å². The van der Waals surface area contributed by atoms with Crippen molar-refractivity contribution >= 4 is 21.7 Å². The van der Waals surface area contributed by atoms with E-state index < -0.39 is 15.9 Å². The highest BCUT2D eigenvalue weighted by molar-refractivity contribution is 7.89. The van der Waals surface area contributed by atoms with Gasteiger partial charge < -0.3 is 19.5 Å². The molecule has 148 valence electrons. The second-order valence-electron chi connectivity index (χ2n) is 6.23. The van der Waals surface area contributed by atoms with E-state index in [2.05, 4.69) is 0 Å². The molecule has 2 aliphatic rings. The van der Waals surface area contributed by atoms with Crippen molar-refractivity contribution in [3.8, 4) is 0 Å². The predicted molar refractivity (Wildman–Crippen MR) is 98.0 cm³/mol. The molecule has 1 amide bonds. The van der Waals surface area contributed by atoms with Crippen LogP contribution in [0, 0.1) is 0 Å². The summed E-state index contributed by atoms with van der Waals surface area (Å²) in [5.41, 5.74) is 0.348. The minimum atomic E-state index is -3.88. The lowest BCUT2D eigenvalue weighted by molar-refractivity contribution is -0.132. The first kappa shape index (κ1) is 19.7. The SMILES string of the molecule is CCCN1C(C(=O)N2CCOCC2)=C(OCCO)c2ccccc2S1(=O)=O. The van der Waals surface area contributed by atoms with Crippen LogP contribution in [0.4, 0.5) is 0 Å². The van der Waals surface area contributed by atoms with Gasteiger partial charge in [-0.15, -0.1) is 0 Å². The first-order valence-corrected chi connectivity index (χ1v) is 10.4. The van der Waals surface area contributed by atoms with Crippen molar-refractivity contribution in [2.75, 3.05) is 46.1 Å². The minimum Gasteiger partial charge on any atom is -0.488 e. The van der Waals surface area contributed by atoms with Gasteiger partial charge in [-0.05, 0) is 18.6 Å². The number of carbonyl (C=O) groups is 1. The number of aliphatic hydroxyl groups is 1. The molecular weight excluding hydrogens is 372 g/mol. The summed E-state index contributed by atoms with van der Waals surface area (Å²) in [5, 5.41) is 9.20. The van der Waals surface area contributed by atoms with Crippen molar-refractivity contribution in [1.82, 2.24) is 9.21 Å². The zero-order valence-corrected chi connectivity index (χ0v) is 16.1. The van der Waals surface area contributed by atoms with Crippen molar-refractivity contribution in [2.45, 2.75) is 18.2 Å². The maximum absolute atomic E-state index is 13.3. The van der Waals surface area contributed by atoms with E-state index in [1.165, 1.54) is 6.07 Å². The number of aliphatic hydroxyl groups excluding tert-OH is 1. The lowest BCUT2D eigenvalue weighted by atomic mass is 10.1. The second-order valence-corrected chi connectivity index (χ2v) is 8.06. The Labute approximate surface area is 159 Å². The zero-order valence-electron chi connectivity index (χ0n) is 15.3. The van der Waals surface area contributed by atoms with E-state index in [-0.39, 0.29) is 36.1 Å². The van der Waals surface area contributed by atoms with E-state index >= 15 is 0 Å². The molecule has 9 heteroatoms. The first-order chi connectivity index (χ1) is 13.0. The fourth-order valence-corrected chi connectivity index (χ4v) is 4.96. The topological polar surface area (TPSA) is 96.4 Å². The minimum absolute atomic E-state index is 0.00546. The van der Waals surface area contributed by atoms with E-state index in [9.17, 15) is 18.3 Å². The molecule has 2 heterocycles. The predicted octanol–water partition coefficient (Wildman–Crippen LogP) is 0.637. The van der Waals surface area contributed by atoms with Gasteiger partial charge in [0, 0.05) is 25.2 Å². The summed E-state index contributed by atoms with van der Waals surface area (Å²) >= 11 is 0. The summed E-state index contributed by atoms with van der Waals surface area (Å²) in [5.74, 6) is -0.211. The van der Waals surface area contributed by atoms with Crippen LogP contribution in [0.2, 0.25) is 0 Å². The summed E-state index contributed by atoms with van der Waals surface area (Å²) < 4.78 is 38.5. The number of morpholine rings is 1. The van der Waals surface area contributed by atoms with Gasteiger partial charge in [0.15, 0.2) is 11.5 Å². The first-order valence-electron chi connectivity index (χ1n) is 8.99. The third-order valence-electron chi connectivity index (χ3n) is 4.43. The van der Waals surface area contributed by atoms with Gasteiger partial charge in [-0.1, -0.05) is 19.1 Å². The number of amides is 1. The van der Waals surface area contributed by atoms with Gasteiger partial charge >= 0.3 is 0 Å². The van der Waals surface area contributed by atoms with Crippen LogP contribution in [0.3, 0.4) is 0 Å². The Morgan fingerprint density at radius 1 is 1.26 bits per heavy atom. The Morgan fingerprint density at radius 3 is 2.63 bits per heavy atom. The Balaban J connectivity index is 2.19. The van der Waals surface area contributed by atoms with E-state index in [1.54, 1.807) is 23.1 Å². The number of carbonyl (C=O) groups excluding carboxylic acids is 1. The lowest BCUT2D eigenvalue weighted by Gasteiger charge is -2.36. The summed E-state index contributed by atoms with van der Waals surface area (Å²) in [4.78, 5) is 15.0. The zero-order chi connectivity index (χ0) is 19.4. The summed E-state index contributed by atoms with van der Waals surface area (Å²) in [6.45, 7) is 3.31. The maximum Gasteiger partial charge on any atom is 0.275 e. The van der Waals surface area contributed by atoms with Gasteiger partial charge in [-0.3, -0.25) is 9.10 Å². The molecule has 0 atom stereocenters. The van der Waals surface area contributed by atoms with Crippen molar-refractivity contribution in [1.29, 1.82) is 0 Å². The molecule has 0 spiro atoms. The van der Waals surface area contributed by atoms with E-state index in [1.807, 2.05) is 6.92 Å². The third-order valence-corrected chi connectivity index (χ3v) is 6.29. The van der Waals surface area contributed by atoms with Gasteiger partial charge in [-0.2, -0.15) is 0 Å². The van der Waals surface area contributed by atoms with E-state index in [0.717, 1.165) is 4.31 Å². The van der Waals surface area contributed by atoms with Crippen LogP contribution in [0.5, 0.6) is 0 Å². The molecule has 0 aromatic heterocycles. The van der Waals surface area contributed by atoms with Crippen LogP contribution in [0.15, 0.2) is 34.9 Å². The number of hydrogen-bond donors (Lipinski definition) is 1. The van der Waals surface area contributed by atoms with Crippen LogP contribution >= 0.6 is 0 Å². The van der Waals surface area contributed by atoms with Crippen LogP contribution < -0.4 is 0 Å². The number of hydrogen-bond acceptors (Lipinski definition) is 6. The lowest BCUT2D eigenvalue weighted by Crippen LogP contribution is -2.47. The van der Waals surface area contributed by atoms with E-state index in [0.29, 0.717) is 38.3 Å². The number of nitrogens with zero attached hydrogens (tertiary/aromatic N) is 2. The van der Waals surface area contributed by atoms with Crippen LogP contribution in [-0.2, 0) is 24.3 Å². The standard InChI is InChI=1S/C18H24N2O6S/c1-2-7-20-16(18(22)19-8-11-25-12-9-19)17(26-13-10-21)14-5-3-4-6-15(14)27(20,23)24/h3-6,21H,2,7-13H2,1H3. The molecule has 1 aromatic rings. The second kappa shape index (κ2) is 8.28. The summed E-state index contributed by atoms with van der Waals surface area (Å²) in [6.07, 6.45) is 0.536. The molecule has 2 aliphatic heterocycles. The Kier molecular flexibility index (Phi) is 6.03. The number of benzene rings is 1. The Bertz CT molecular complexity index is 830. The molecule has 1 saturated heterocycles. The molecule has 0 unspecified atom stereocenters. The van der Waals surface area contributed by atoms with Crippen molar-refractivity contribution < 1.29 is 27.8 Å². The summed E-state index contributed by atoms with van der Waals surface area (Å²) in [7, 11) is -3.88. The highest BCUT2D eigenvalue weighted by atomic mass is 32.2. The van der Waals surface area contributed by atoms with Gasteiger partial charge in [0.25, 0.3) is 15.9 Å². The highest BCUT2D eigenvalue weighted by Crippen LogP contribution is 2.38. The maximum atomic E-state index is 13.3. The quantitative estimate of drug-likeness (QED) is 0.758. The normalized spacial score (nSPS) is 19.0. The summed E-state index contributed by atoms with van der Waals surface area (Å²) in [6, 6.07) is 6.46. The van der Waals surface area contributed by atoms with Crippen LogP contribution in [0.1, 0.15) is 18.9 Å². The number of fused-ring (bicyclic) bond motifs is 1. The van der Waals surface area contributed by atoms with E-state index in [4.69, 9.17) is 9.47 Å². The number of ether oxygens (including phenoxy) is 2. The molecule has 8 nitrogen and oxygen atoms in total. The number of rotatable bonds is 6. The average molecular weight is 396 g/mol. The van der Waals surface area contributed by atoms with Gasteiger partial charge in [-0.25, -0.2) is 8.42 Å². The fraction of sp³-hybridized carbons (Fsp3) is 0.500. The molecule has 1 N–H and O–H groups in total. The van der Waals surface area contributed by atoms with Gasteiger partial charge in [0.05, 0.1) is 24.7 Å². The molecule has 0 aliphatic carbocycles. The van der Waals surface area contributed by atoms with Crippen molar-refractivity contribution in [3.05, 3.63) is 35.5 Å². The van der Waals surface area contributed by atoms with Gasteiger partial charge in [0.2, 0.25) is 0 Å². The van der Waals surface area contributed by atoms with Crippen molar-refractivity contribution in [3.63, 3.8) is 0 Å². The molecule has 0 bridgehead atoms. The molecule has 0 saturated carbocycles. The average Bonchev–Trinajstić information content (AvgIpc) is 2.69. The molecular formula is C18H24N2O6S. The molecule has 3 rings (SSSR count). The number of sulfonamides is 1. The van der Waals surface area contributed by atoms with Crippen LogP contribution in [-0.4, -0.2) is 74.7 Å². The molecule has 0 radical (unpaired) electrons. The molecule has 1 fully saturated rings. The van der Waals surface area contributed by atoms with Crippen LogP contribution in [0.25, 0.3) is 5.76 Å². The smallest absolute Gasteiger partial charge is 0.275 e. The monoisotopic (exact) mass is 396 g/mol. The molecule has 27 heavy (non-hydrogen) atoms. The Hall–Kier alpha value is -2.10. The van der Waals surface area contributed by atoms with Crippen molar-refractivity contribution in [2.24, 2.45) is 0 Å². The fourth-order valence-electron chi connectivity index (χ4n) is 3.21. The Morgan fingerprint density at radius 2 is 1.96 bits per heavy atom. The third kappa shape index (κ3) is 3.67. The highest BCUT2D eigenvalue weighted by Gasteiger charge is 2.41.